The van der Waals surface area contributed by atoms with Crippen molar-refractivity contribution in [1.82, 2.24) is 5.32 Å². The first-order valence-corrected chi connectivity index (χ1v) is 8.90. The van der Waals surface area contributed by atoms with Crippen LogP contribution in [-0.4, -0.2) is 22.8 Å². The van der Waals surface area contributed by atoms with E-state index >= 15 is 0 Å². The Bertz CT molecular complexity index is 643. The zero-order valence-electron chi connectivity index (χ0n) is 16.3. The third-order valence-corrected chi connectivity index (χ3v) is 3.97. The molecule has 1 amide bonds. The van der Waals surface area contributed by atoms with Gasteiger partial charge >= 0.3 is 12.3 Å². The Kier molecular flexibility index (Phi) is 8.11. The van der Waals surface area contributed by atoms with Crippen molar-refractivity contribution in [3.63, 3.8) is 0 Å². The number of benzene rings is 1. The van der Waals surface area contributed by atoms with E-state index in [9.17, 15) is 9.90 Å². The van der Waals surface area contributed by atoms with Gasteiger partial charge in [-0.25, -0.2) is 4.79 Å². The SMILES string of the molecule is CC(C)[C@@H](/C(O)=C/[N+]#N)[C@H](CCc1ccccc1)NC(=O)OC(C)(C)C. The summed E-state index contributed by atoms with van der Waals surface area (Å²) >= 11 is 0. The molecule has 142 valence electrons. The first-order chi connectivity index (χ1) is 12.1. The maximum absolute atomic E-state index is 12.3. The van der Waals surface area contributed by atoms with Gasteiger partial charge in [0, 0.05) is 12.0 Å². The van der Waals surface area contributed by atoms with E-state index in [0.717, 1.165) is 18.2 Å². The lowest BCUT2D eigenvalue weighted by atomic mass is 9.84. The summed E-state index contributed by atoms with van der Waals surface area (Å²) in [6.07, 6.45) is 1.82. The van der Waals surface area contributed by atoms with Gasteiger partial charge < -0.3 is 15.2 Å². The van der Waals surface area contributed by atoms with E-state index < -0.39 is 17.6 Å². The fraction of sp³-hybridized carbons (Fsp3) is 0.550. The van der Waals surface area contributed by atoms with E-state index in [0.29, 0.717) is 6.42 Å². The Labute approximate surface area is 155 Å². The van der Waals surface area contributed by atoms with Crippen molar-refractivity contribution in [3.8, 4) is 0 Å². The molecule has 6 nitrogen and oxygen atoms in total. The van der Waals surface area contributed by atoms with Gasteiger partial charge in [0.25, 0.3) is 0 Å². The highest BCUT2D eigenvalue weighted by molar-refractivity contribution is 5.68. The van der Waals surface area contributed by atoms with Crippen LogP contribution in [0.25, 0.3) is 4.98 Å². The molecular formula is C20H30N3O3+. The first kappa shape index (κ1) is 21.5. The maximum Gasteiger partial charge on any atom is 0.407 e. The number of diazo groups is 1. The summed E-state index contributed by atoms with van der Waals surface area (Å²) in [6.45, 7) is 9.28. The minimum absolute atomic E-state index is 0.0173. The molecular weight excluding hydrogens is 330 g/mol. The number of nitrogens with zero attached hydrogens (tertiary/aromatic N) is 2. The number of amides is 1. The van der Waals surface area contributed by atoms with Crippen molar-refractivity contribution in [2.75, 3.05) is 0 Å². The number of hydrogen-bond donors (Lipinski definition) is 2. The Morgan fingerprint density at radius 2 is 1.92 bits per heavy atom. The average molecular weight is 360 g/mol. The number of aryl methyl sites for hydroxylation is 1. The quantitative estimate of drug-likeness (QED) is 0.527. The predicted octanol–water partition coefficient (Wildman–Crippen LogP) is 5.04. The van der Waals surface area contributed by atoms with Gasteiger partial charge in [0.15, 0.2) is 10.7 Å². The van der Waals surface area contributed by atoms with Crippen LogP contribution in [0.5, 0.6) is 0 Å². The molecule has 1 aromatic rings. The van der Waals surface area contributed by atoms with E-state index in [4.69, 9.17) is 10.1 Å². The number of ether oxygens (including phenoxy) is 1. The maximum atomic E-state index is 12.3. The van der Waals surface area contributed by atoms with Crippen molar-refractivity contribution < 1.29 is 14.6 Å². The fourth-order valence-electron chi connectivity index (χ4n) is 2.92. The molecule has 0 fully saturated rings. The summed E-state index contributed by atoms with van der Waals surface area (Å²) in [7, 11) is 0. The van der Waals surface area contributed by atoms with Crippen LogP contribution in [0.2, 0.25) is 0 Å². The van der Waals surface area contributed by atoms with Gasteiger partial charge in [0.1, 0.15) is 5.60 Å². The van der Waals surface area contributed by atoms with Gasteiger partial charge in [-0.05, 0) is 45.1 Å². The second-order valence-corrected chi connectivity index (χ2v) is 7.72. The Balaban J connectivity index is 3.00. The molecule has 0 bridgehead atoms. The Morgan fingerprint density at radius 1 is 1.31 bits per heavy atom. The number of carbonyl (C=O) groups is 1. The van der Waals surface area contributed by atoms with Crippen LogP contribution in [-0.2, 0) is 11.2 Å². The predicted molar refractivity (Wildman–Crippen MR) is 102 cm³/mol. The van der Waals surface area contributed by atoms with E-state index in [1.165, 1.54) is 0 Å². The highest BCUT2D eigenvalue weighted by Gasteiger charge is 2.32. The largest absolute Gasteiger partial charge is 0.505 e. The molecule has 1 rings (SSSR count). The van der Waals surface area contributed by atoms with Gasteiger partial charge in [-0.3, -0.25) is 0 Å². The number of rotatable bonds is 7. The fourth-order valence-corrected chi connectivity index (χ4v) is 2.92. The molecule has 0 aromatic heterocycles. The summed E-state index contributed by atoms with van der Waals surface area (Å²) in [4.78, 5) is 15.2. The van der Waals surface area contributed by atoms with Crippen molar-refractivity contribution in [2.24, 2.45) is 11.8 Å². The van der Waals surface area contributed by atoms with Crippen molar-refractivity contribution in [3.05, 3.63) is 52.8 Å². The van der Waals surface area contributed by atoms with E-state index in [-0.39, 0.29) is 17.7 Å². The molecule has 0 saturated heterocycles. The average Bonchev–Trinajstić information content (AvgIpc) is 2.51. The van der Waals surface area contributed by atoms with E-state index in [1.807, 2.05) is 44.2 Å². The molecule has 0 spiro atoms. The van der Waals surface area contributed by atoms with Gasteiger partial charge in [0.05, 0.1) is 0 Å². The molecule has 0 radical (unpaired) electrons. The molecule has 0 saturated carbocycles. The van der Waals surface area contributed by atoms with Crippen molar-refractivity contribution in [1.29, 1.82) is 5.39 Å². The Hall–Kier alpha value is -2.55. The molecule has 0 aliphatic rings. The number of nitrogens with one attached hydrogen (secondary N) is 1. The minimum Gasteiger partial charge on any atom is -0.505 e. The summed E-state index contributed by atoms with van der Waals surface area (Å²) in [6, 6.07) is 9.56. The highest BCUT2D eigenvalue weighted by atomic mass is 16.6. The van der Waals surface area contributed by atoms with Gasteiger partial charge in [0.2, 0.25) is 5.39 Å². The first-order valence-electron chi connectivity index (χ1n) is 8.90. The zero-order valence-corrected chi connectivity index (χ0v) is 16.3. The van der Waals surface area contributed by atoms with Gasteiger partial charge in [-0.1, -0.05) is 44.2 Å². The highest BCUT2D eigenvalue weighted by Crippen LogP contribution is 2.26. The van der Waals surface area contributed by atoms with Crippen LogP contribution in [0.4, 0.5) is 4.79 Å². The van der Waals surface area contributed by atoms with Crippen molar-refractivity contribution >= 4 is 6.09 Å². The normalized spacial score (nSPS) is 14.4. The summed E-state index contributed by atoms with van der Waals surface area (Å²) in [5, 5.41) is 22.0. The van der Waals surface area contributed by atoms with E-state index in [1.54, 1.807) is 20.8 Å². The van der Waals surface area contributed by atoms with Crippen LogP contribution >= 0.6 is 0 Å². The van der Waals surface area contributed by atoms with E-state index in [2.05, 4.69) is 10.3 Å². The number of carbonyl (C=O) groups excluding carboxylic acids is 1. The molecule has 1 aromatic carbocycles. The van der Waals surface area contributed by atoms with Crippen LogP contribution < -0.4 is 5.32 Å². The molecule has 0 aliphatic heterocycles. The summed E-state index contributed by atoms with van der Waals surface area (Å²) in [5.41, 5.74) is 0.529. The topological polar surface area (TPSA) is 86.7 Å². The van der Waals surface area contributed by atoms with Crippen LogP contribution in [0.1, 0.15) is 46.6 Å². The smallest absolute Gasteiger partial charge is 0.407 e. The second kappa shape index (κ2) is 9.81. The second-order valence-electron chi connectivity index (χ2n) is 7.72. The molecule has 26 heavy (non-hydrogen) atoms. The third-order valence-electron chi connectivity index (χ3n) is 3.97. The zero-order chi connectivity index (χ0) is 19.7. The monoisotopic (exact) mass is 360 g/mol. The van der Waals surface area contributed by atoms with Crippen LogP contribution in [0.3, 0.4) is 0 Å². The van der Waals surface area contributed by atoms with Gasteiger partial charge in [-0.2, -0.15) is 0 Å². The summed E-state index contributed by atoms with van der Waals surface area (Å²) in [5.74, 6) is -0.456. The lowest BCUT2D eigenvalue weighted by Crippen LogP contribution is -2.45. The lowest BCUT2D eigenvalue weighted by molar-refractivity contribution is 0.0471. The summed E-state index contributed by atoms with van der Waals surface area (Å²) < 4.78 is 5.37. The molecule has 0 aliphatic carbocycles. The third kappa shape index (κ3) is 7.56. The molecule has 6 heteroatoms. The number of alkyl carbamates (subject to hydrolysis) is 1. The number of aliphatic hydroxyl groups excluding tert-OH is 1. The standard InChI is InChI=1S/C20H29N3O3/c1-14(2)18(17(24)13-22-21)16(23-19(25)26-20(3,4)5)12-11-15-9-7-6-8-10-15/h6-10,13-14,16,18H,11-12H2,1-5H3,(H-,23,24,25)/p+1/b17-13-/t16-,18+/m0/s1. The van der Waals surface area contributed by atoms with Crippen molar-refractivity contribution in [2.45, 2.75) is 59.1 Å². The minimum atomic E-state index is -0.611. The molecule has 2 atom stereocenters. The van der Waals surface area contributed by atoms with Gasteiger partial charge in [-0.15, -0.1) is 0 Å². The van der Waals surface area contributed by atoms with Crippen LogP contribution in [0, 0.1) is 17.2 Å². The number of hydrogen-bond acceptors (Lipinski definition) is 4. The molecule has 2 N–H and O–H groups in total. The molecule has 0 heterocycles. The van der Waals surface area contributed by atoms with Crippen LogP contribution in [0.15, 0.2) is 42.3 Å². The lowest BCUT2D eigenvalue weighted by Gasteiger charge is -2.30. The Morgan fingerprint density at radius 3 is 2.42 bits per heavy atom. The molecule has 0 unspecified atom stereocenters. The number of aliphatic hydroxyl groups is 1.